The number of aliphatic hydroxyl groups is 1. The predicted molar refractivity (Wildman–Crippen MR) is 88.3 cm³/mol. The van der Waals surface area contributed by atoms with Gasteiger partial charge in [0.05, 0.1) is 0 Å². The van der Waals surface area contributed by atoms with Crippen molar-refractivity contribution in [3.63, 3.8) is 0 Å². The third-order valence-electron chi connectivity index (χ3n) is 4.39. The molecule has 1 N–H and O–H groups in total. The number of nitrogens with zero attached hydrogens (tertiary/aromatic N) is 1. The van der Waals surface area contributed by atoms with Crippen molar-refractivity contribution in [3.8, 4) is 0 Å². The first-order valence-electron chi connectivity index (χ1n) is 7.72. The van der Waals surface area contributed by atoms with Crippen LogP contribution in [0.15, 0.2) is 60.7 Å². The third kappa shape index (κ3) is 3.02. The maximum Gasteiger partial charge on any atom is 0.130 e. The zero-order chi connectivity index (χ0) is 15.3. The maximum atomic E-state index is 11.6. The minimum atomic E-state index is -1.01. The Morgan fingerprint density at radius 3 is 1.57 bits per heavy atom. The highest BCUT2D eigenvalue weighted by molar-refractivity contribution is 5.37. The van der Waals surface area contributed by atoms with Crippen LogP contribution in [0.2, 0.25) is 0 Å². The van der Waals surface area contributed by atoms with E-state index in [1.54, 1.807) is 0 Å². The summed E-state index contributed by atoms with van der Waals surface area (Å²) in [5.74, 6) is 0. The van der Waals surface area contributed by atoms with Crippen molar-refractivity contribution in [2.24, 2.45) is 0 Å². The van der Waals surface area contributed by atoms with Gasteiger partial charge >= 0.3 is 0 Å². The van der Waals surface area contributed by atoms with Gasteiger partial charge in [-0.25, -0.2) is 0 Å². The number of hydrogen-bond donors (Lipinski definition) is 1. The molecule has 2 aromatic rings. The van der Waals surface area contributed by atoms with Crippen LogP contribution in [0.4, 0.5) is 0 Å². The van der Waals surface area contributed by atoms with Crippen molar-refractivity contribution in [2.75, 3.05) is 13.1 Å². The normalized spacial score (nSPS) is 13.4. The summed E-state index contributed by atoms with van der Waals surface area (Å²) >= 11 is 0. The van der Waals surface area contributed by atoms with Gasteiger partial charge in [-0.2, -0.15) is 0 Å². The molecule has 0 aliphatic rings. The molecule has 21 heavy (non-hydrogen) atoms. The van der Waals surface area contributed by atoms with Gasteiger partial charge in [-0.1, -0.05) is 74.5 Å². The van der Waals surface area contributed by atoms with Crippen LogP contribution < -0.4 is 0 Å². The Kier molecular flexibility index (Phi) is 5.16. The second-order valence-electron chi connectivity index (χ2n) is 5.40. The lowest BCUT2D eigenvalue weighted by Gasteiger charge is -2.41. The molecule has 0 aromatic heterocycles. The lowest BCUT2D eigenvalue weighted by atomic mass is 9.80. The minimum Gasteiger partial charge on any atom is -0.379 e. The van der Waals surface area contributed by atoms with E-state index in [1.165, 1.54) is 0 Å². The zero-order valence-corrected chi connectivity index (χ0v) is 13.2. The maximum absolute atomic E-state index is 11.6. The van der Waals surface area contributed by atoms with Crippen molar-refractivity contribution in [2.45, 2.75) is 32.4 Å². The Morgan fingerprint density at radius 1 is 0.857 bits per heavy atom. The lowest BCUT2D eigenvalue weighted by Crippen LogP contribution is -2.49. The first kappa shape index (κ1) is 15.7. The minimum absolute atomic E-state index is 0.00250. The fourth-order valence-corrected chi connectivity index (χ4v) is 3.07. The number of benzene rings is 2. The van der Waals surface area contributed by atoms with Crippen LogP contribution in [0.25, 0.3) is 0 Å². The monoisotopic (exact) mass is 283 g/mol. The van der Waals surface area contributed by atoms with Gasteiger partial charge in [0, 0.05) is 6.04 Å². The summed E-state index contributed by atoms with van der Waals surface area (Å²) in [5.41, 5.74) is 0.875. The summed E-state index contributed by atoms with van der Waals surface area (Å²) in [7, 11) is 0. The molecule has 0 spiro atoms. The van der Waals surface area contributed by atoms with Crippen molar-refractivity contribution in [1.29, 1.82) is 0 Å². The molecule has 0 heterocycles. The summed E-state index contributed by atoms with van der Waals surface area (Å²) < 4.78 is 0. The summed E-state index contributed by atoms with van der Waals surface area (Å²) in [5, 5.41) is 11.6. The van der Waals surface area contributed by atoms with E-state index in [0.717, 1.165) is 24.2 Å². The van der Waals surface area contributed by atoms with E-state index in [1.807, 2.05) is 60.7 Å². The smallest absolute Gasteiger partial charge is 0.130 e. The molecule has 0 aliphatic heterocycles. The highest BCUT2D eigenvalue weighted by Crippen LogP contribution is 2.35. The van der Waals surface area contributed by atoms with E-state index in [0.29, 0.717) is 0 Å². The highest BCUT2D eigenvalue weighted by Gasteiger charge is 2.39. The molecule has 2 nitrogen and oxygen atoms in total. The third-order valence-corrected chi connectivity index (χ3v) is 4.39. The van der Waals surface area contributed by atoms with Gasteiger partial charge in [0.1, 0.15) is 5.60 Å². The fraction of sp³-hybridized carbons (Fsp3) is 0.368. The highest BCUT2D eigenvalue weighted by atomic mass is 16.3. The van der Waals surface area contributed by atoms with Crippen molar-refractivity contribution in [3.05, 3.63) is 71.8 Å². The zero-order valence-electron chi connectivity index (χ0n) is 13.2. The van der Waals surface area contributed by atoms with Crippen LogP contribution in [0.3, 0.4) is 0 Å². The van der Waals surface area contributed by atoms with Crippen LogP contribution in [-0.4, -0.2) is 29.1 Å². The molecule has 2 rings (SSSR count). The van der Waals surface area contributed by atoms with Crippen LogP contribution in [0, 0.1) is 0 Å². The molecule has 0 fully saturated rings. The summed E-state index contributed by atoms with van der Waals surface area (Å²) in [6.07, 6.45) is 0. The van der Waals surface area contributed by atoms with Gasteiger partial charge in [0.15, 0.2) is 0 Å². The van der Waals surface area contributed by atoms with Gasteiger partial charge in [-0.15, -0.1) is 0 Å². The molecule has 0 radical (unpaired) electrons. The van der Waals surface area contributed by atoms with Gasteiger partial charge < -0.3 is 5.11 Å². The first-order valence-corrected chi connectivity index (χ1v) is 7.72. The molecule has 0 unspecified atom stereocenters. The van der Waals surface area contributed by atoms with Crippen LogP contribution in [0.1, 0.15) is 31.9 Å². The summed E-state index contributed by atoms with van der Waals surface area (Å²) in [6.45, 7) is 8.21. The Labute approximate surface area is 128 Å². The van der Waals surface area contributed by atoms with Crippen molar-refractivity contribution >= 4 is 0 Å². The number of likely N-dealkylation sites (N-methyl/N-ethyl adjacent to an activating group) is 1. The average molecular weight is 283 g/mol. The SMILES string of the molecule is CCN(CC)[C@@H](C)C(O)(c1ccccc1)c1ccccc1. The summed E-state index contributed by atoms with van der Waals surface area (Å²) in [4.78, 5) is 2.29. The van der Waals surface area contributed by atoms with Crippen LogP contribution in [-0.2, 0) is 5.60 Å². The molecule has 0 saturated carbocycles. The van der Waals surface area contributed by atoms with E-state index in [2.05, 4.69) is 25.7 Å². The molecular formula is C19H25NO. The largest absolute Gasteiger partial charge is 0.379 e. The Morgan fingerprint density at radius 2 is 1.24 bits per heavy atom. The molecule has 0 amide bonds. The second kappa shape index (κ2) is 6.88. The quantitative estimate of drug-likeness (QED) is 0.874. The Bertz CT molecular complexity index is 495. The molecule has 0 aliphatic carbocycles. The standard InChI is InChI=1S/C19H25NO/c1-4-20(5-2)16(3)19(21,17-12-8-6-9-13-17)18-14-10-7-11-15-18/h6-16,21H,4-5H2,1-3H3/t16-/m0/s1. The Hall–Kier alpha value is -1.64. The van der Waals surface area contributed by atoms with Gasteiger partial charge in [-0.3, -0.25) is 4.90 Å². The van der Waals surface area contributed by atoms with E-state index >= 15 is 0 Å². The van der Waals surface area contributed by atoms with Crippen LogP contribution >= 0.6 is 0 Å². The molecular weight excluding hydrogens is 258 g/mol. The van der Waals surface area contributed by atoms with E-state index in [-0.39, 0.29) is 6.04 Å². The fourth-order valence-electron chi connectivity index (χ4n) is 3.07. The van der Waals surface area contributed by atoms with Crippen molar-refractivity contribution in [1.82, 2.24) is 4.90 Å². The molecule has 0 bridgehead atoms. The topological polar surface area (TPSA) is 23.5 Å². The molecule has 0 saturated heterocycles. The molecule has 2 aromatic carbocycles. The molecule has 112 valence electrons. The van der Waals surface area contributed by atoms with Gasteiger partial charge in [0.2, 0.25) is 0 Å². The van der Waals surface area contributed by atoms with E-state index in [4.69, 9.17) is 0 Å². The number of hydrogen-bond acceptors (Lipinski definition) is 2. The molecule has 2 heteroatoms. The van der Waals surface area contributed by atoms with Crippen LogP contribution in [0.5, 0.6) is 0 Å². The first-order chi connectivity index (χ1) is 10.1. The Balaban J connectivity index is 2.54. The van der Waals surface area contributed by atoms with Gasteiger partial charge in [0.25, 0.3) is 0 Å². The summed E-state index contributed by atoms with van der Waals surface area (Å²) in [6, 6.07) is 19.9. The van der Waals surface area contributed by atoms with Crippen molar-refractivity contribution < 1.29 is 5.11 Å². The van der Waals surface area contributed by atoms with E-state index < -0.39 is 5.60 Å². The number of rotatable bonds is 6. The lowest BCUT2D eigenvalue weighted by molar-refractivity contribution is -0.00955. The average Bonchev–Trinajstić information content (AvgIpc) is 2.56. The van der Waals surface area contributed by atoms with Gasteiger partial charge in [-0.05, 0) is 31.1 Å². The second-order valence-corrected chi connectivity index (χ2v) is 5.40. The predicted octanol–water partition coefficient (Wildman–Crippen LogP) is 3.65. The molecule has 1 atom stereocenters. The van der Waals surface area contributed by atoms with E-state index in [9.17, 15) is 5.11 Å².